The summed E-state index contributed by atoms with van der Waals surface area (Å²) in [5, 5.41) is 7.31. The number of hydrogen-bond acceptors (Lipinski definition) is 5. The third kappa shape index (κ3) is 3.68. The van der Waals surface area contributed by atoms with Crippen molar-refractivity contribution in [1.82, 2.24) is 24.1 Å². The predicted octanol–water partition coefficient (Wildman–Crippen LogP) is 4.56. The van der Waals surface area contributed by atoms with Crippen LogP contribution in [0.4, 0.5) is 24.5 Å². The molecule has 4 aromatic rings. The van der Waals surface area contributed by atoms with Gasteiger partial charge < -0.3 is 14.5 Å². The first-order valence-corrected chi connectivity index (χ1v) is 9.21. The number of aromatic nitrogens is 5. The molecule has 1 aromatic carbocycles. The number of halogens is 3. The number of methoxy groups -OCH3 is 1. The van der Waals surface area contributed by atoms with E-state index >= 15 is 0 Å². The Labute approximate surface area is 170 Å². The molecule has 0 aliphatic heterocycles. The van der Waals surface area contributed by atoms with E-state index in [9.17, 15) is 13.2 Å². The second-order valence-electron chi connectivity index (χ2n) is 6.70. The molecule has 0 atom stereocenters. The minimum Gasteiger partial charge on any atom is -0.494 e. The van der Waals surface area contributed by atoms with E-state index in [4.69, 9.17) is 4.74 Å². The van der Waals surface area contributed by atoms with Crippen molar-refractivity contribution < 1.29 is 17.9 Å². The van der Waals surface area contributed by atoms with Crippen molar-refractivity contribution in [2.45, 2.75) is 26.4 Å². The van der Waals surface area contributed by atoms with Crippen molar-refractivity contribution in [2.75, 3.05) is 12.4 Å². The number of nitrogens with zero attached hydrogens (tertiary/aromatic N) is 5. The third-order valence-corrected chi connectivity index (χ3v) is 4.60. The van der Waals surface area contributed by atoms with Gasteiger partial charge in [-0.25, -0.2) is 14.6 Å². The van der Waals surface area contributed by atoms with E-state index in [0.29, 0.717) is 40.7 Å². The van der Waals surface area contributed by atoms with Gasteiger partial charge in [-0.05, 0) is 31.5 Å². The highest BCUT2D eigenvalue weighted by Crippen LogP contribution is 2.34. The molecule has 156 valence electrons. The highest BCUT2D eigenvalue weighted by molar-refractivity contribution is 5.76. The largest absolute Gasteiger partial charge is 0.494 e. The average molecular weight is 416 g/mol. The summed E-state index contributed by atoms with van der Waals surface area (Å²) in [5.41, 5.74) is 1.80. The molecule has 0 aliphatic rings. The maximum atomic E-state index is 13.4. The van der Waals surface area contributed by atoms with Crippen LogP contribution in [0.15, 0.2) is 43.0 Å². The zero-order chi connectivity index (χ0) is 21.5. The van der Waals surface area contributed by atoms with E-state index in [1.54, 1.807) is 42.3 Å². The number of alkyl halides is 3. The maximum Gasteiger partial charge on any atom is 0.417 e. The van der Waals surface area contributed by atoms with Crippen LogP contribution in [0.2, 0.25) is 0 Å². The van der Waals surface area contributed by atoms with E-state index < -0.39 is 11.7 Å². The van der Waals surface area contributed by atoms with Crippen molar-refractivity contribution in [3.8, 4) is 11.4 Å². The molecule has 0 unspecified atom stereocenters. The average Bonchev–Trinajstić information content (AvgIpc) is 3.33. The van der Waals surface area contributed by atoms with E-state index in [-0.39, 0.29) is 5.69 Å². The van der Waals surface area contributed by atoms with Crippen LogP contribution < -0.4 is 10.1 Å². The number of benzene rings is 1. The number of ether oxygens (including phenoxy) is 1. The van der Waals surface area contributed by atoms with Crippen LogP contribution in [0, 0.1) is 6.92 Å². The second-order valence-corrected chi connectivity index (χ2v) is 6.70. The van der Waals surface area contributed by atoms with Gasteiger partial charge in [0.1, 0.15) is 23.6 Å². The first-order chi connectivity index (χ1) is 14.3. The van der Waals surface area contributed by atoms with Crippen LogP contribution >= 0.6 is 0 Å². The van der Waals surface area contributed by atoms with Gasteiger partial charge in [-0.15, -0.1) is 0 Å². The lowest BCUT2D eigenvalue weighted by molar-refractivity contribution is -0.137. The van der Waals surface area contributed by atoms with Crippen LogP contribution in [0.5, 0.6) is 5.75 Å². The fourth-order valence-electron chi connectivity index (χ4n) is 3.13. The minimum atomic E-state index is -4.48. The Morgan fingerprint density at radius 3 is 2.60 bits per heavy atom. The monoisotopic (exact) mass is 416 g/mol. The van der Waals surface area contributed by atoms with Crippen LogP contribution in [0.3, 0.4) is 0 Å². The quantitative estimate of drug-likeness (QED) is 0.517. The van der Waals surface area contributed by atoms with E-state index in [1.807, 2.05) is 6.92 Å². The smallest absolute Gasteiger partial charge is 0.417 e. The van der Waals surface area contributed by atoms with Gasteiger partial charge >= 0.3 is 6.18 Å². The van der Waals surface area contributed by atoms with E-state index in [2.05, 4.69) is 20.4 Å². The molecule has 1 N–H and O–H groups in total. The Morgan fingerprint density at radius 2 is 1.97 bits per heavy atom. The van der Waals surface area contributed by atoms with Gasteiger partial charge in [-0.3, -0.25) is 0 Å². The lowest BCUT2D eigenvalue weighted by atomic mass is 10.2. The zero-order valence-corrected chi connectivity index (χ0v) is 16.5. The summed E-state index contributed by atoms with van der Waals surface area (Å²) in [4.78, 5) is 8.54. The molecule has 0 fully saturated rings. The fourth-order valence-corrected chi connectivity index (χ4v) is 3.13. The number of nitrogens with one attached hydrogen (secondary N) is 1. The minimum absolute atomic E-state index is 0.246. The van der Waals surface area contributed by atoms with Gasteiger partial charge in [0, 0.05) is 24.1 Å². The van der Waals surface area contributed by atoms with Crippen molar-refractivity contribution >= 4 is 17.0 Å². The van der Waals surface area contributed by atoms with Gasteiger partial charge in [0.25, 0.3) is 0 Å². The Bertz CT molecular complexity index is 1210. The molecule has 10 heteroatoms. The van der Waals surface area contributed by atoms with Crippen molar-refractivity contribution in [3.05, 3.63) is 60.1 Å². The molecular weight excluding hydrogens is 397 g/mol. The summed E-state index contributed by atoms with van der Waals surface area (Å²) in [6.07, 6.45) is 0.347. The third-order valence-electron chi connectivity index (χ3n) is 4.60. The molecule has 30 heavy (non-hydrogen) atoms. The van der Waals surface area contributed by atoms with E-state index in [0.717, 1.165) is 12.3 Å². The first-order valence-electron chi connectivity index (χ1n) is 9.21. The SMILES string of the molecule is CCc1cn2cc(C(F)(F)F)cc(Nc3ccc(-n4cnc(C)n4)c(OC)c3)c2n1. The molecule has 0 amide bonds. The van der Waals surface area contributed by atoms with Crippen LogP contribution in [0.1, 0.15) is 24.0 Å². The number of rotatable bonds is 5. The fraction of sp³-hybridized carbons (Fsp3) is 0.250. The number of imidazole rings is 1. The van der Waals surface area contributed by atoms with Gasteiger partial charge in [-0.2, -0.15) is 18.3 Å². The molecule has 3 heterocycles. The lowest BCUT2D eigenvalue weighted by Gasteiger charge is -2.14. The molecule has 0 bridgehead atoms. The van der Waals surface area contributed by atoms with Crippen LogP contribution in [-0.2, 0) is 12.6 Å². The summed E-state index contributed by atoms with van der Waals surface area (Å²) < 4.78 is 48.6. The Balaban J connectivity index is 1.77. The second kappa shape index (κ2) is 7.36. The molecule has 4 rings (SSSR count). The molecule has 0 spiro atoms. The summed E-state index contributed by atoms with van der Waals surface area (Å²) in [6, 6.07) is 6.23. The number of fused-ring (bicyclic) bond motifs is 1. The predicted molar refractivity (Wildman–Crippen MR) is 106 cm³/mol. The number of hydrogen-bond donors (Lipinski definition) is 1. The first kappa shape index (κ1) is 19.7. The summed E-state index contributed by atoms with van der Waals surface area (Å²) in [5.74, 6) is 1.10. The molecular formula is C20H19F3N6O. The Hall–Kier alpha value is -3.56. The molecule has 3 aromatic heterocycles. The summed E-state index contributed by atoms with van der Waals surface area (Å²) >= 11 is 0. The number of aryl methyl sites for hydroxylation is 2. The van der Waals surface area contributed by atoms with Crippen LogP contribution in [-0.4, -0.2) is 31.3 Å². The number of pyridine rings is 1. The van der Waals surface area contributed by atoms with Crippen molar-refractivity contribution in [1.29, 1.82) is 0 Å². The lowest BCUT2D eigenvalue weighted by Crippen LogP contribution is -2.08. The van der Waals surface area contributed by atoms with Gasteiger partial charge in [0.2, 0.25) is 0 Å². The van der Waals surface area contributed by atoms with Gasteiger partial charge in [-0.1, -0.05) is 6.92 Å². The Morgan fingerprint density at radius 1 is 1.17 bits per heavy atom. The number of anilines is 2. The maximum absolute atomic E-state index is 13.4. The molecule has 0 radical (unpaired) electrons. The normalized spacial score (nSPS) is 11.8. The highest BCUT2D eigenvalue weighted by atomic mass is 19.4. The van der Waals surface area contributed by atoms with Crippen LogP contribution in [0.25, 0.3) is 11.3 Å². The summed E-state index contributed by atoms with van der Waals surface area (Å²) in [7, 11) is 1.51. The molecule has 0 aliphatic carbocycles. The zero-order valence-electron chi connectivity index (χ0n) is 16.5. The topological polar surface area (TPSA) is 69.3 Å². The van der Waals surface area contributed by atoms with Crippen molar-refractivity contribution in [3.63, 3.8) is 0 Å². The summed E-state index contributed by atoms with van der Waals surface area (Å²) in [6.45, 7) is 3.67. The van der Waals surface area contributed by atoms with Gasteiger partial charge in [0.15, 0.2) is 5.65 Å². The highest BCUT2D eigenvalue weighted by Gasteiger charge is 2.32. The Kier molecular flexibility index (Phi) is 4.84. The molecule has 7 nitrogen and oxygen atoms in total. The standard InChI is InChI=1S/C20H19F3N6O/c1-4-14-10-28-9-13(20(21,22)23)7-16(19(28)26-14)25-15-5-6-17(18(8-15)30-3)29-11-24-12(2)27-29/h5-11,25H,4H2,1-3H3. The van der Waals surface area contributed by atoms with Crippen molar-refractivity contribution in [2.24, 2.45) is 0 Å². The van der Waals surface area contributed by atoms with E-state index in [1.165, 1.54) is 11.5 Å². The molecule has 0 saturated carbocycles. The molecule has 0 saturated heterocycles. The van der Waals surface area contributed by atoms with Gasteiger partial charge in [0.05, 0.1) is 24.1 Å².